The Hall–Kier alpha value is -1.26. The van der Waals surface area contributed by atoms with Crippen LogP contribution in [0.2, 0.25) is 0 Å². The van der Waals surface area contributed by atoms with Crippen LogP contribution in [0.3, 0.4) is 0 Å². The van der Waals surface area contributed by atoms with Crippen LogP contribution in [0.4, 0.5) is 4.79 Å². The molecule has 0 aromatic rings. The second-order valence-electron chi connectivity index (χ2n) is 4.58. The van der Waals surface area contributed by atoms with Crippen molar-refractivity contribution in [1.29, 1.82) is 0 Å². The van der Waals surface area contributed by atoms with Gasteiger partial charge in [0.1, 0.15) is 12.2 Å². The maximum atomic E-state index is 11.1. The van der Waals surface area contributed by atoms with Crippen molar-refractivity contribution < 1.29 is 19.1 Å². The molecule has 1 N–H and O–H groups in total. The smallest absolute Gasteiger partial charge is 0.432 e. The molecule has 0 radical (unpaired) electrons. The molecule has 0 aliphatic carbocycles. The van der Waals surface area contributed by atoms with Gasteiger partial charge in [-0.3, -0.25) is 4.79 Å². The van der Waals surface area contributed by atoms with E-state index in [2.05, 4.69) is 5.32 Å². The summed E-state index contributed by atoms with van der Waals surface area (Å²) < 4.78 is 9.82. The minimum absolute atomic E-state index is 0.00721. The van der Waals surface area contributed by atoms with Gasteiger partial charge in [0, 0.05) is 6.42 Å². The minimum atomic E-state index is -0.691. The van der Waals surface area contributed by atoms with Crippen LogP contribution in [0.5, 0.6) is 0 Å². The van der Waals surface area contributed by atoms with Gasteiger partial charge in [0.2, 0.25) is 5.91 Å². The number of carbonyl (C=O) groups is 2. The number of ether oxygens (including phenoxy) is 2. The first-order valence-corrected chi connectivity index (χ1v) is 5.02. The van der Waals surface area contributed by atoms with Gasteiger partial charge in [-0.1, -0.05) is 0 Å². The van der Waals surface area contributed by atoms with Crippen molar-refractivity contribution in [3.8, 4) is 0 Å². The van der Waals surface area contributed by atoms with Gasteiger partial charge in [0.15, 0.2) is 0 Å². The van der Waals surface area contributed by atoms with Crippen LogP contribution in [-0.4, -0.2) is 30.3 Å². The Morgan fingerprint density at radius 2 is 2.20 bits per heavy atom. The van der Waals surface area contributed by atoms with E-state index < -0.39 is 11.8 Å². The van der Waals surface area contributed by atoms with Crippen LogP contribution in [0.15, 0.2) is 0 Å². The van der Waals surface area contributed by atoms with Crippen LogP contribution in [0, 0.1) is 0 Å². The number of amides is 1. The Morgan fingerprint density at radius 3 is 2.67 bits per heavy atom. The maximum absolute atomic E-state index is 11.1. The number of hydrogen-bond acceptors (Lipinski definition) is 4. The maximum Gasteiger partial charge on any atom is 0.508 e. The van der Waals surface area contributed by atoms with Crippen molar-refractivity contribution in [3.63, 3.8) is 0 Å². The highest BCUT2D eigenvalue weighted by Crippen LogP contribution is 2.10. The predicted molar refractivity (Wildman–Crippen MR) is 53.4 cm³/mol. The molecule has 1 amide bonds. The third kappa shape index (κ3) is 4.67. The monoisotopic (exact) mass is 215 g/mol. The van der Waals surface area contributed by atoms with Gasteiger partial charge in [0.25, 0.3) is 0 Å². The fourth-order valence-electron chi connectivity index (χ4n) is 1.25. The van der Waals surface area contributed by atoms with Crippen LogP contribution in [0.25, 0.3) is 0 Å². The molecule has 1 fully saturated rings. The molecule has 86 valence electrons. The average Bonchev–Trinajstić information content (AvgIpc) is 2.45. The summed E-state index contributed by atoms with van der Waals surface area (Å²) in [6.07, 6.45) is 0.521. The fraction of sp³-hybridized carbons (Fsp3) is 0.800. The van der Waals surface area contributed by atoms with E-state index in [-0.39, 0.29) is 18.6 Å². The lowest BCUT2D eigenvalue weighted by Crippen LogP contribution is -2.32. The van der Waals surface area contributed by atoms with E-state index in [0.29, 0.717) is 12.8 Å². The molecule has 0 spiro atoms. The molecule has 1 atom stereocenters. The molecule has 0 bridgehead atoms. The molecule has 0 saturated carbocycles. The summed E-state index contributed by atoms with van der Waals surface area (Å²) in [6, 6.07) is -0.0648. The predicted octanol–water partition coefficient (Wildman–Crippen LogP) is 1.22. The van der Waals surface area contributed by atoms with E-state index in [1.54, 1.807) is 20.8 Å². The standard InChI is InChI=1S/C10H17NO4/c1-10(2,3)15-9(13)14-6-7-4-5-8(12)11-7/h7H,4-6H2,1-3H3,(H,11,12)/t7-/m0/s1. The second kappa shape index (κ2) is 4.51. The van der Waals surface area contributed by atoms with E-state index in [9.17, 15) is 9.59 Å². The first-order valence-electron chi connectivity index (χ1n) is 5.02. The summed E-state index contributed by atoms with van der Waals surface area (Å²) in [5.41, 5.74) is -0.546. The summed E-state index contributed by atoms with van der Waals surface area (Å²) in [4.78, 5) is 22.0. The van der Waals surface area contributed by atoms with E-state index in [1.807, 2.05) is 0 Å². The SMILES string of the molecule is CC(C)(C)OC(=O)OC[C@@H]1CCC(=O)N1. The highest BCUT2D eigenvalue weighted by Gasteiger charge is 2.23. The molecule has 0 unspecified atom stereocenters. The van der Waals surface area contributed by atoms with Crippen LogP contribution in [0.1, 0.15) is 33.6 Å². The van der Waals surface area contributed by atoms with Crippen LogP contribution >= 0.6 is 0 Å². The van der Waals surface area contributed by atoms with Gasteiger partial charge in [-0.25, -0.2) is 4.79 Å². The van der Waals surface area contributed by atoms with Crippen molar-refractivity contribution in [1.82, 2.24) is 5.32 Å². The van der Waals surface area contributed by atoms with Crippen molar-refractivity contribution >= 4 is 12.1 Å². The number of carbonyl (C=O) groups excluding carboxylic acids is 2. The lowest BCUT2D eigenvalue weighted by molar-refractivity contribution is -0.119. The van der Waals surface area contributed by atoms with Crippen LogP contribution in [-0.2, 0) is 14.3 Å². The van der Waals surface area contributed by atoms with E-state index in [0.717, 1.165) is 0 Å². The summed E-state index contributed by atoms with van der Waals surface area (Å²) in [5.74, 6) is 0.00721. The van der Waals surface area contributed by atoms with E-state index >= 15 is 0 Å². The summed E-state index contributed by atoms with van der Waals surface area (Å²) in [5, 5.41) is 2.70. The summed E-state index contributed by atoms with van der Waals surface area (Å²) >= 11 is 0. The third-order valence-corrected chi connectivity index (χ3v) is 1.88. The highest BCUT2D eigenvalue weighted by atomic mass is 16.7. The molecule has 5 nitrogen and oxygen atoms in total. The average molecular weight is 215 g/mol. The Labute approximate surface area is 89.1 Å². The number of nitrogens with one attached hydrogen (secondary N) is 1. The van der Waals surface area contributed by atoms with Crippen molar-refractivity contribution in [2.75, 3.05) is 6.61 Å². The first-order chi connectivity index (χ1) is 6.87. The molecule has 1 heterocycles. The molecular weight excluding hydrogens is 198 g/mol. The van der Waals surface area contributed by atoms with E-state index in [1.165, 1.54) is 0 Å². The Bertz CT molecular complexity index is 257. The zero-order valence-electron chi connectivity index (χ0n) is 9.33. The van der Waals surface area contributed by atoms with Gasteiger partial charge >= 0.3 is 6.16 Å². The van der Waals surface area contributed by atoms with Gasteiger partial charge in [-0.15, -0.1) is 0 Å². The normalized spacial score (nSPS) is 21.0. The summed E-state index contributed by atoms with van der Waals surface area (Å²) in [7, 11) is 0. The first kappa shape index (κ1) is 11.8. The number of rotatable bonds is 2. The van der Waals surface area contributed by atoms with Crippen molar-refractivity contribution in [2.24, 2.45) is 0 Å². The Balaban J connectivity index is 2.20. The summed E-state index contributed by atoms with van der Waals surface area (Å²) in [6.45, 7) is 5.49. The second-order valence-corrected chi connectivity index (χ2v) is 4.58. The van der Waals surface area contributed by atoms with Crippen molar-refractivity contribution in [2.45, 2.75) is 45.3 Å². The molecule has 1 saturated heterocycles. The van der Waals surface area contributed by atoms with Gasteiger partial charge in [0.05, 0.1) is 6.04 Å². The van der Waals surface area contributed by atoms with Gasteiger partial charge in [-0.05, 0) is 27.2 Å². The molecule has 5 heteroatoms. The van der Waals surface area contributed by atoms with Crippen molar-refractivity contribution in [3.05, 3.63) is 0 Å². The minimum Gasteiger partial charge on any atom is -0.432 e. The Morgan fingerprint density at radius 1 is 1.53 bits per heavy atom. The Kier molecular flexibility index (Phi) is 3.55. The third-order valence-electron chi connectivity index (χ3n) is 1.88. The number of hydrogen-bond donors (Lipinski definition) is 1. The highest BCUT2D eigenvalue weighted by molar-refractivity contribution is 5.78. The van der Waals surface area contributed by atoms with Gasteiger partial charge < -0.3 is 14.8 Å². The zero-order valence-corrected chi connectivity index (χ0v) is 9.33. The molecule has 1 aliphatic heterocycles. The molecule has 0 aromatic heterocycles. The molecule has 15 heavy (non-hydrogen) atoms. The zero-order chi connectivity index (χ0) is 11.5. The quantitative estimate of drug-likeness (QED) is 0.703. The topological polar surface area (TPSA) is 64.6 Å². The fourth-order valence-corrected chi connectivity index (χ4v) is 1.25. The van der Waals surface area contributed by atoms with E-state index in [4.69, 9.17) is 9.47 Å². The largest absolute Gasteiger partial charge is 0.508 e. The molecule has 1 rings (SSSR count). The lowest BCUT2D eigenvalue weighted by Gasteiger charge is -2.19. The molecule has 1 aliphatic rings. The molecule has 0 aromatic carbocycles. The lowest BCUT2D eigenvalue weighted by atomic mass is 10.2. The molecular formula is C10H17NO4. The van der Waals surface area contributed by atoms with Gasteiger partial charge in [-0.2, -0.15) is 0 Å². The van der Waals surface area contributed by atoms with Crippen LogP contribution < -0.4 is 5.32 Å².